The summed E-state index contributed by atoms with van der Waals surface area (Å²) in [5, 5.41) is 0. The average Bonchev–Trinajstić information content (AvgIpc) is 2.48. The number of sulfonamides is 1. The Morgan fingerprint density at radius 2 is 1.77 bits per heavy atom. The molecule has 22 heavy (non-hydrogen) atoms. The molecule has 1 saturated heterocycles. The molecule has 6 heteroatoms. The number of hydrogen-bond acceptors (Lipinski definition) is 4. The van der Waals surface area contributed by atoms with Crippen LogP contribution in [-0.4, -0.2) is 52.2 Å². The maximum Gasteiger partial charge on any atom is 0.240 e. The third-order valence-corrected chi connectivity index (χ3v) is 5.54. The lowest BCUT2D eigenvalue weighted by Gasteiger charge is -2.36. The molecule has 1 atom stereocenters. The minimum Gasteiger partial charge on any atom is -0.379 e. The van der Waals surface area contributed by atoms with Gasteiger partial charge in [-0.15, -0.1) is 0 Å². The monoisotopic (exact) mass is 326 g/mol. The van der Waals surface area contributed by atoms with Gasteiger partial charge in [0.25, 0.3) is 0 Å². The Labute approximate surface area is 133 Å². The van der Waals surface area contributed by atoms with Crippen LogP contribution in [0.2, 0.25) is 0 Å². The second-order valence-corrected chi connectivity index (χ2v) is 7.89. The molecule has 1 fully saturated rings. The van der Waals surface area contributed by atoms with Crippen LogP contribution in [0.25, 0.3) is 0 Å². The normalized spacial score (nSPS) is 18.5. The smallest absolute Gasteiger partial charge is 0.240 e. The van der Waals surface area contributed by atoms with Gasteiger partial charge in [-0.1, -0.05) is 31.5 Å². The molecule has 1 heterocycles. The van der Waals surface area contributed by atoms with Crippen molar-refractivity contribution in [2.75, 3.05) is 32.8 Å². The first-order chi connectivity index (χ1) is 10.4. The Kier molecular flexibility index (Phi) is 5.97. The van der Waals surface area contributed by atoms with Crippen molar-refractivity contribution in [3.05, 3.63) is 29.8 Å². The van der Waals surface area contributed by atoms with E-state index >= 15 is 0 Å². The highest BCUT2D eigenvalue weighted by atomic mass is 32.2. The lowest BCUT2D eigenvalue weighted by atomic mass is 10.0. The first kappa shape index (κ1) is 17.4. The van der Waals surface area contributed by atoms with Crippen LogP contribution in [-0.2, 0) is 14.8 Å². The summed E-state index contributed by atoms with van der Waals surface area (Å²) in [5.41, 5.74) is 1.05. The zero-order valence-corrected chi connectivity index (χ0v) is 14.4. The van der Waals surface area contributed by atoms with E-state index in [-0.39, 0.29) is 6.04 Å². The molecule has 2 rings (SSSR count). The van der Waals surface area contributed by atoms with Crippen LogP contribution in [0.3, 0.4) is 0 Å². The van der Waals surface area contributed by atoms with Gasteiger partial charge in [0, 0.05) is 25.7 Å². The third-order valence-electron chi connectivity index (χ3n) is 4.10. The molecule has 1 aliphatic rings. The second-order valence-electron chi connectivity index (χ2n) is 6.12. The van der Waals surface area contributed by atoms with Gasteiger partial charge in [0.15, 0.2) is 0 Å². The third kappa shape index (κ3) is 4.52. The molecule has 1 N–H and O–H groups in total. The molecule has 1 aromatic carbocycles. The fraction of sp³-hybridized carbons (Fsp3) is 0.625. The van der Waals surface area contributed by atoms with E-state index in [0.717, 1.165) is 18.7 Å². The Hall–Kier alpha value is -0.950. The largest absolute Gasteiger partial charge is 0.379 e. The number of ether oxygens (including phenoxy) is 1. The predicted molar refractivity (Wildman–Crippen MR) is 87.4 cm³/mol. The number of nitrogens with zero attached hydrogens (tertiary/aromatic N) is 1. The zero-order chi connectivity index (χ0) is 16.2. The zero-order valence-electron chi connectivity index (χ0n) is 13.6. The summed E-state index contributed by atoms with van der Waals surface area (Å²) in [5.74, 6) is 0.374. The van der Waals surface area contributed by atoms with Gasteiger partial charge in [-0.3, -0.25) is 4.90 Å². The SMILES string of the molecule is Cc1ccc(S(=O)(=O)NC[C@@H](C(C)C)N2CCOCC2)cc1. The summed E-state index contributed by atoms with van der Waals surface area (Å²) in [6.45, 7) is 9.76. The summed E-state index contributed by atoms with van der Waals surface area (Å²) in [6, 6.07) is 7.12. The van der Waals surface area contributed by atoms with Crippen LogP contribution in [0.15, 0.2) is 29.2 Å². The molecule has 1 aromatic rings. The maximum atomic E-state index is 12.4. The predicted octanol–water partition coefficient (Wildman–Crippen LogP) is 1.63. The average molecular weight is 326 g/mol. The van der Waals surface area contributed by atoms with E-state index in [2.05, 4.69) is 23.5 Å². The number of aryl methyl sites for hydroxylation is 1. The Bertz CT molecular complexity index is 564. The van der Waals surface area contributed by atoms with Gasteiger partial charge in [-0.25, -0.2) is 13.1 Å². The van der Waals surface area contributed by atoms with Gasteiger partial charge >= 0.3 is 0 Å². The van der Waals surface area contributed by atoms with E-state index in [1.54, 1.807) is 12.1 Å². The molecule has 0 aromatic heterocycles. The van der Waals surface area contributed by atoms with Crippen molar-refractivity contribution < 1.29 is 13.2 Å². The van der Waals surface area contributed by atoms with E-state index in [1.807, 2.05) is 19.1 Å². The summed E-state index contributed by atoms with van der Waals surface area (Å²) in [4.78, 5) is 2.63. The highest BCUT2D eigenvalue weighted by Crippen LogP contribution is 2.14. The minimum atomic E-state index is -3.45. The Morgan fingerprint density at radius 3 is 2.32 bits per heavy atom. The highest BCUT2D eigenvalue weighted by Gasteiger charge is 2.25. The van der Waals surface area contributed by atoms with Gasteiger partial charge in [0.1, 0.15) is 0 Å². The molecule has 5 nitrogen and oxygen atoms in total. The Morgan fingerprint density at radius 1 is 1.18 bits per heavy atom. The van der Waals surface area contributed by atoms with E-state index in [0.29, 0.717) is 30.6 Å². The van der Waals surface area contributed by atoms with Crippen LogP contribution in [0.4, 0.5) is 0 Å². The van der Waals surface area contributed by atoms with Crippen molar-refractivity contribution in [2.45, 2.75) is 31.7 Å². The van der Waals surface area contributed by atoms with Gasteiger partial charge < -0.3 is 4.74 Å². The van der Waals surface area contributed by atoms with E-state index in [9.17, 15) is 8.42 Å². The number of hydrogen-bond donors (Lipinski definition) is 1. The molecule has 0 amide bonds. The Balaban J connectivity index is 2.03. The topological polar surface area (TPSA) is 58.6 Å². The summed E-state index contributed by atoms with van der Waals surface area (Å²) in [6.07, 6.45) is 0. The van der Waals surface area contributed by atoms with E-state index in [1.165, 1.54) is 0 Å². The molecule has 0 radical (unpaired) electrons. The summed E-state index contributed by atoms with van der Waals surface area (Å²) < 4.78 is 32.9. The van der Waals surface area contributed by atoms with Crippen LogP contribution in [0.5, 0.6) is 0 Å². The maximum absolute atomic E-state index is 12.4. The molecule has 1 aliphatic heterocycles. The number of rotatable bonds is 6. The molecule has 0 aliphatic carbocycles. The summed E-state index contributed by atoms with van der Waals surface area (Å²) in [7, 11) is -3.45. The fourth-order valence-corrected chi connectivity index (χ4v) is 3.74. The molecule has 124 valence electrons. The fourth-order valence-electron chi connectivity index (χ4n) is 2.69. The van der Waals surface area contributed by atoms with Gasteiger partial charge in [0.2, 0.25) is 10.0 Å². The lowest BCUT2D eigenvalue weighted by Crippen LogP contribution is -2.51. The van der Waals surface area contributed by atoms with Crippen LogP contribution in [0.1, 0.15) is 19.4 Å². The summed E-state index contributed by atoms with van der Waals surface area (Å²) >= 11 is 0. The van der Waals surface area contributed by atoms with Crippen LogP contribution < -0.4 is 4.72 Å². The van der Waals surface area contributed by atoms with Crippen molar-refractivity contribution in [1.29, 1.82) is 0 Å². The van der Waals surface area contributed by atoms with Crippen LogP contribution >= 0.6 is 0 Å². The molecule has 0 bridgehead atoms. The highest BCUT2D eigenvalue weighted by molar-refractivity contribution is 7.89. The van der Waals surface area contributed by atoms with Gasteiger partial charge in [0.05, 0.1) is 18.1 Å². The lowest BCUT2D eigenvalue weighted by molar-refractivity contribution is 0.00776. The molecule has 0 saturated carbocycles. The van der Waals surface area contributed by atoms with E-state index in [4.69, 9.17) is 4.74 Å². The van der Waals surface area contributed by atoms with Gasteiger partial charge in [-0.2, -0.15) is 0 Å². The number of morpholine rings is 1. The van der Waals surface area contributed by atoms with Gasteiger partial charge in [-0.05, 0) is 25.0 Å². The van der Waals surface area contributed by atoms with Crippen molar-refractivity contribution in [2.24, 2.45) is 5.92 Å². The first-order valence-electron chi connectivity index (χ1n) is 7.78. The van der Waals surface area contributed by atoms with Crippen LogP contribution in [0, 0.1) is 12.8 Å². The minimum absolute atomic E-state index is 0.184. The van der Waals surface area contributed by atoms with E-state index < -0.39 is 10.0 Å². The second kappa shape index (κ2) is 7.55. The number of benzene rings is 1. The quantitative estimate of drug-likeness (QED) is 0.863. The number of nitrogens with one attached hydrogen (secondary N) is 1. The van der Waals surface area contributed by atoms with Crippen molar-refractivity contribution in [3.63, 3.8) is 0 Å². The van der Waals surface area contributed by atoms with Crippen molar-refractivity contribution in [3.8, 4) is 0 Å². The molecular weight excluding hydrogens is 300 g/mol. The molecule has 0 unspecified atom stereocenters. The van der Waals surface area contributed by atoms with Crippen molar-refractivity contribution in [1.82, 2.24) is 9.62 Å². The first-order valence-corrected chi connectivity index (χ1v) is 9.26. The van der Waals surface area contributed by atoms with Crippen molar-refractivity contribution >= 4 is 10.0 Å². The molecular formula is C16H26N2O3S. The molecule has 0 spiro atoms. The standard InChI is InChI=1S/C16H26N2O3S/c1-13(2)16(18-8-10-21-11-9-18)12-17-22(19,20)15-6-4-14(3)5-7-15/h4-7,13,16-17H,8-12H2,1-3H3/t16-/m0/s1.